The molecule has 3 fully saturated rings. The van der Waals surface area contributed by atoms with E-state index in [9.17, 15) is 9.59 Å². The molecule has 0 aromatic heterocycles. The lowest BCUT2D eigenvalue weighted by Crippen LogP contribution is -2.50. The molecule has 0 aliphatic carbocycles. The molecule has 7 unspecified atom stereocenters. The van der Waals surface area contributed by atoms with Gasteiger partial charge in [-0.1, -0.05) is 30.7 Å². The maximum atomic E-state index is 12.3. The second kappa shape index (κ2) is 11.6. The van der Waals surface area contributed by atoms with E-state index in [1.165, 1.54) is 18.6 Å². The van der Waals surface area contributed by atoms with E-state index in [0.717, 1.165) is 32.3 Å². The monoisotopic (exact) mass is 475 g/mol. The van der Waals surface area contributed by atoms with Gasteiger partial charge in [-0.25, -0.2) is 0 Å². The van der Waals surface area contributed by atoms with Crippen LogP contribution in [0.4, 0.5) is 0 Å². The second-order valence-corrected chi connectivity index (χ2v) is 10.1. The number of epoxide rings is 1. The molecule has 1 N–H and O–H groups in total. The zero-order valence-corrected chi connectivity index (χ0v) is 21.4. The zero-order valence-electron chi connectivity index (χ0n) is 21.4. The van der Waals surface area contributed by atoms with Crippen molar-refractivity contribution < 1.29 is 28.5 Å². The van der Waals surface area contributed by atoms with E-state index in [1.807, 2.05) is 6.92 Å². The van der Waals surface area contributed by atoms with Gasteiger partial charge < -0.3 is 24.3 Å². The topological polar surface area (TPSA) is 86.4 Å². The highest BCUT2D eigenvalue weighted by Crippen LogP contribution is 2.46. The Balaban J connectivity index is 1.43. The second-order valence-electron chi connectivity index (χ2n) is 10.1. The normalized spacial score (nSPS) is 37.2. The summed E-state index contributed by atoms with van der Waals surface area (Å²) in [4.78, 5) is 23.3. The summed E-state index contributed by atoms with van der Waals surface area (Å²) in [6.45, 7) is 12.2. The maximum absolute atomic E-state index is 12.3. The number of allylic oxidation sites excluding steroid dienone is 2. The molecule has 34 heavy (non-hydrogen) atoms. The molecule has 7 heteroatoms. The summed E-state index contributed by atoms with van der Waals surface area (Å²) < 4.78 is 23.0. The van der Waals surface area contributed by atoms with Gasteiger partial charge in [0.25, 0.3) is 0 Å². The molecule has 1 amide bonds. The van der Waals surface area contributed by atoms with E-state index in [1.54, 1.807) is 13.0 Å². The summed E-state index contributed by atoms with van der Waals surface area (Å²) in [5.41, 5.74) is 1.24. The van der Waals surface area contributed by atoms with Crippen LogP contribution in [-0.4, -0.2) is 60.6 Å². The molecule has 190 valence electrons. The summed E-state index contributed by atoms with van der Waals surface area (Å²) in [6, 6.07) is -0.0554. The third-order valence-corrected chi connectivity index (χ3v) is 7.16. The van der Waals surface area contributed by atoms with Crippen LogP contribution in [0.5, 0.6) is 0 Å². The maximum Gasteiger partial charge on any atom is 0.303 e. The number of amides is 1. The summed E-state index contributed by atoms with van der Waals surface area (Å²) in [7, 11) is 0. The van der Waals surface area contributed by atoms with Crippen molar-refractivity contribution in [2.75, 3.05) is 6.61 Å². The Morgan fingerprint density at radius 3 is 2.62 bits per heavy atom. The fraction of sp³-hybridized carbons (Fsp3) is 0.704. The molecule has 0 aromatic rings. The summed E-state index contributed by atoms with van der Waals surface area (Å²) in [5, 5.41) is 3.02. The zero-order chi connectivity index (χ0) is 24.9. The first-order chi connectivity index (χ1) is 16.1. The van der Waals surface area contributed by atoms with Gasteiger partial charge >= 0.3 is 5.97 Å². The van der Waals surface area contributed by atoms with Crippen LogP contribution in [-0.2, 0) is 28.5 Å². The van der Waals surface area contributed by atoms with Crippen LogP contribution in [0.1, 0.15) is 67.2 Å². The van der Waals surface area contributed by atoms with Gasteiger partial charge in [0, 0.05) is 25.8 Å². The first kappa shape index (κ1) is 26.6. The van der Waals surface area contributed by atoms with E-state index < -0.39 is 6.10 Å². The van der Waals surface area contributed by atoms with Gasteiger partial charge in [0.1, 0.15) is 6.10 Å². The number of esters is 1. The number of rotatable bonds is 8. The van der Waals surface area contributed by atoms with E-state index in [2.05, 4.69) is 44.3 Å². The average molecular weight is 476 g/mol. The Bertz CT molecular complexity index is 820. The quantitative estimate of drug-likeness (QED) is 0.247. The van der Waals surface area contributed by atoms with Crippen LogP contribution >= 0.6 is 0 Å². The van der Waals surface area contributed by atoms with Gasteiger partial charge in [-0.2, -0.15) is 0 Å². The van der Waals surface area contributed by atoms with Crippen molar-refractivity contribution in [1.29, 1.82) is 0 Å². The first-order valence-corrected chi connectivity index (χ1v) is 12.5. The number of hydrogen-bond acceptors (Lipinski definition) is 6. The van der Waals surface area contributed by atoms with Gasteiger partial charge in [-0.15, -0.1) is 0 Å². The van der Waals surface area contributed by atoms with Crippen LogP contribution in [0.15, 0.2) is 36.0 Å². The molecule has 3 aliphatic rings. The van der Waals surface area contributed by atoms with Crippen molar-refractivity contribution in [3.05, 3.63) is 36.0 Å². The smallest absolute Gasteiger partial charge is 0.303 e. The third kappa shape index (κ3) is 7.52. The predicted octanol–water partition coefficient (Wildman–Crippen LogP) is 4.02. The molecule has 8 atom stereocenters. The van der Waals surface area contributed by atoms with Crippen molar-refractivity contribution in [3.8, 4) is 0 Å². The average Bonchev–Trinajstić information content (AvgIpc) is 3.38. The highest BCUT2D eigenvalue weighted by Gasteiger charge is 2.55. The lowest BCUT2D eigenvalue weighted by molar-refractivity contribution is -0.143. The molecule has 1 spiro atoms. The van der Waals surface area contributed by atoms with Crippen molar-refractivity contribution in [3.63, 3.8) is 0 Å². The van der Waals surface area contributed by atoms with Gasteiger partial charge in [-0.05, 0) is 52.5 Å². The van der Waals surface area contributed by atoms with Gasteiger partial charge in [0.05, 0.1) is 42.7 Å². The van der Waals surface area contributed by atoms with Crippen LogP contribution < -0.4 is 5.32 Å². The summed E-state index contributed by atoms with van der Waals surface area (Å²) in [6.07, 6.45) is 13.2. The molecule has 7 nitrogen and oxygen atoms in total. The first-order valence-electron chi connectivity index (χ1n) is 12.5. The Morgan fingerprint density at radius 1 is 1.21 bits per heavy atom. The summed E-state index contributed by atoms with van der Waals surface area (Å²) in [5.74, 6) is -0.262. The molecular weight excluding hydrogens is 434 g/mol. The van der Waals surface area contributed by atoms with Gasteiger partial charge in [0.15, 0.2) is 0 Å². The van der Waals surface area contributed by atoms with Gasteiger partial charge in [0.2, 0.25) is 5.91 Å². The molecule has 3 heterocycles. The lowest BCUT2D eigenvalue weighted by Gasteiger charge is -2.39. The largest absolute Gasteiger partial charge is 0.459 e. The van der Waals surface area contributed by atoms with Crippen LogP contribution in [0, 0.1) is 5.92 Å². The minimum absolute atomic E-state index is 0.0503. The number of hydrogen-bond donors (Lipinski definition) is 1. The third-order valence-electron chi connectivity index (χ3n) is 7.16. The summed E-state index contributed by atoms with van der Waals surface area (Å²) >= 11 is 0. The molecule has 3 saturated heterocycles. The Hall–Kier alpha value is -1.96. The van der Waals surface area contributed by atoms with Crippen molar-refractivity contribution in [2.45, 2.75) is 109 Å². The number of carbonyl (C=O) groups excluding carboxylic acids is 2. The molecular formula is C27H41NO6. The molecule has 0 aromatic carbocycles. The number of ether oxygens (including phenoxy) is 4. The molecule has 0 bridgehead atoms. The Labute approximate surface area is 203 Å². The van der Waals surface area contributed by atoms with E-state index in [4.69, 9.17) is 18.9 Å². The highest BCUT2D eigenvalue weighted by molar-refractivity contribution is 5.87. The minimum atomic E-state index is -0.438. The number of carbonyl (C=O) groups is 2. The van der Waals surface area contributed by atoms with E-state index in [0.29, 0.717) is 12.0 Å². The Morgan fingerprint density at radius 2 is 1.94 bits per heavy atom. The molecule has 0 radical (unpaired) electrons. The van der Waals surface area contributed by atoms with Crippen molar-refractivity contribution >= 4 is 11.9 Å². The van der Waals surface area contributed by atoms with Crippen molar-refractivity contribution in [2.24, 2.45) is 5.92 Å². The van der Waals surface area contributed by atoms with E-state index in [-0.39, 0.29) is 41.8 Å². The minimum Gasteiger partial charge on any atom is -0.459 e. The predicted molar refractivity (Wildman–Crippen MR) is 130 cm³/mol. The fourth-order valence-electron chi connectivity index (χ4n) is 4.90. The van der Waals surface area contributed by atoms with Crippen LogP contribution in [0.25, 0.3) is 0 Å². The highest BCUT2D eigenvalue weighted by atomic mass is 16.6. The SMILES string of the molecule is CC(=O)OC(C)/C=C\C(=O)NC1CC(C)[C@H](C/C=C(C)/C=C/C2CC3(CCO2)OC3C)OC1C. The number of nitrogens with one attached hydrogen (secondary N) is 1. The lowest BCUT2D eigenvalue weighted by atomic mass is 9.88. The van der Waals surface area contributed by atoms with Crippen LogP contribution in [0.2, 0.25) is 0 Å². The van der Waals surface area contributed by atoms with Crippen LogP contribution in [0.3, 0.4) is 0 Å². The van der Waals surface area contributed by atoms with Gasteiger partial charge in [-0.3, -0.25) is 9.59 Å². The standard InChI is InChI=1S/C27H41NO6/c1-17(7-10-23-16-27(13-14-31-23)21(5)34-27)8-11-25-18(2)15-24(20(4)33-25)28-26(30)12-9-19(3)32-22(6)29/h7-10,12,18-21,23-25H,11,13-16H2,1-6H3,(H,28,30)/b10-7+,12-9-,17-8+/t18?,19?,20?,21?,23?,24?,25-,27?/m0/s1. The van der Waals surface area contributed by atoms with E-state index >= 15 is 0 Å². The fourth-order valence-corrected chi connectivity index (χ4v) is 4.90. The Kier molecular flexibility index (Phi) is 9.13. The molecule has 0 saturated carbocycles. The molecule has 3 aliphatic heterocycles. The van der Waals surface area contributed by atoms with Crippen molar-refractivity contribution in [1.82, 2.24) is 5.32 Å². The molecule has 3 rings (SSSR count).